The highest BCUT2D eigenvalue weighted by atomic mass is 32.2. The summed E-state index contributed by atoms with van der Waals surface area (Å²) >= 11 is 1.58. The number of hydrogen-bond acceptors (Lipinski definition) is 5. The van der Waals surface area contributed by atoms with E-state index < -0.39 is 14.9 Å². The second-order valence-electron chi connectivity index (χ2n) is 4.99. The van der Waals surface area contributed by atoms with Crippen molar-refractivity contribution in [1.29, 1.82) is 0 Å². The molecule has 2 rings (SSSR count). The summed E-state index contributed by atoms with van der Waals surface area (Å²) < 4.78 is 26.9. The smallest absolute Gasteiger partial charge is 0.258 e. The molecule has 0 radical (unpaired) electrons. The Morgan fingerprint density at radius 2 is 2.09 bits per heavy atom. The molecule has 118 valence electrons. The average molecular weight is 340 g/mol. The summed E-state index contributed by atoms with van der Waals surface area (Å²) in [5.74, 6) is -0.274. The highest BCUT2D eigenvalue weighted by Gasteiger charge is 2.17. The van der Waals surface area contributed by atoms with Gasteiger partial charge in [-0.25, -0.2) is 13.1 Å². The van der Waals surface area contributed by atoms with Gasteiger partial charge in [-0.1, -0.05) is 18.2 Å². The second kappa shape index (κ2) is 6.99. The van der Waals surface area contributed by atoms with E-state index in [1.807, 2.05) is 17.5 Å². The molecule has 0 amide bonds. The lowest BCUT2D eigenvalue weighted by molar-refractivity contribution is -0.384. The lowest BCUT2D eigenvalue weighted by atomic mass is 10.2. The molecule has 2 aromatic rings. The summed E-state index contributed by atoms with van der Waals surface area (Å²) in [7, 11) is -3.55. The lowest BCUT2D eigenvalue weighted by Crippen LogP contribution is -2.34. The quantitative estimate of drug-likeness (QED) is 0.620. The number of nitrogens with one attached hydrogen (secondary N) is 1. The Bertz CT molecular complexity index is 742. The van der Waals surface area contributed by atoms with Crippen LogP contribution in [-0.2, 0) is 22.2 Å². The summed E-state index contributed by atoms with van der Waals surface area (Å²) in [5, 5.41) is 12.7. The molecule has 0 unspecified atom stereocenters. The van der Waals surface area contributed by atoms with Gasteiger partial charge < -0.3 is 0 Å². The highest BCUT2D eigenvalue weighted by Crippen LogP contribution is 2.16. The zero-order valence-electron chi connectivity index (χ0n) is 11.9. The van der Waals surface area contributed by atoms with Gasteiger partial charge in [-0.3, -0.25) is 10.1 Å². The number of sulfonamides is 1. The van der Waals surface area contributed by atoms with Crippen molar-refractivity contribution in [3.63, 3.8) is 0 Å². The third-order valence-electron chi connectivity index (χ3n) is 2.95. The molecular formula is C14H16N2O4S2. The number of non-ortho nitro benzene ring substituents is 1. The van der Waals surface area contributed by atoms with Crippen LogP contribution in [0.25, 0.3) is 0 Å². The van der Waals surface area contributed by atoms with Crippen LogP contribution >= 0.6 is 11.3 Å². The fraction of sp³-hybridized carbons (Fsp3) is 0.286. The van der Waals surface area contributed by atoms with Crippen molar-refractivity contribution in [3.05, 3.63) is 62.3 Å². The maximum atomic E-state index is 12.1. The fourth-order valence-corrected chi connectivity index (χ4v) is 4.33. The number of nitrogens with zero attached hydrogens (tertiary/aromatic N) is 1. The maximum absolute atomic E-state index is 12.1. The van der Waals surface area contributed by atoms with Gasteiger partial charge in [0.2, 0.25) is 10.0 Å². The van der Waals surface area contributed by atoms with Crippen LogP contribution < -0.4 is 4.72 Å². The van der Waals surface area contributed by atoms with Gasteiger partial charge >= 0.3 is 0 Å². The van der Waals surface area contributed by atoms with E-state index in [9.17, 15) is 18.5 Å². The standard InChI is InChI=1S/C14H16N2O4S2/c1-11(8-14-6-3-7-21-14)15-22(19,20)10-12-4-2-5-13(9-12)16(17)18/h2-7,9,11,15H,8,10H2,1H3/t11-/m0/s1. The minimum Gasteiger partial charge on any atom is -0.258 e. The molecule has 0 aliphatic rings. The van der Waals surface area contributed by atoms with Crippen molar-refractivity contribution >= 4 is 27.0 Å². The molecule has 1 heterocycles. The number of nitro benzene ring substituents is 1. The third kappa shape index (κ3) is 4.90. The molecule has 1 N–H and O–H groups in total. The SMILES string of the molecule is C[C@@H](Cc1cccs1)NS(=O)(=O)Cc1cccc([N+](=O)[O-])c1. The number of thiophene rings is 1. The molecule has 1 atom stereocenters. The van der Waals surface area contributed by atoms with E-state index in [4.69, 9.17) is 0 Å². The second-order valence-corrected chi connectivity index (χ2v) is 7.77. The Morgan fingerprint density at radius 3 is 2.73 bits per heavy atom. The molecule has 1 aromatic heterocycles. The van der Waals surface area contributed by atoms with E-state index in [1.54, 1.807) is 24.3 Å². The van der Waals surface area contributed by atoms with Gasteiger partial charge in [0.1, 0.15) is 0 Å². The Morgan fingerprint density at radius 1 is 1.32 bits per heavy atom. The summed E-state index contributed by atoms with van der Waals surface area (Å²) in [6.07, 6.45) is 0.617. The van der Waals surface area contributed by atoms with Crippen molar-refractivity contribution < 1.29 is 13.3 Å². The molecule has 0 spiro atoms. The van der Waals surface area contributed by atoms with Crippen LogP contribution in [0.3, 0.4) is 0 Å². The number of hydrogen-bond donors (Lipinski definition) is 1. The summed E-state index contributed by atoms with van der Waals surface area (Å²) in [6, 6.07) is 9.31. The minimum atomic E-state index is -3.55. The van der Waals surface area contributed by atoms with Crippen molar-refractivity contribution in [2.75, 3.05) is 0 Å². The average Bonchev–Trinajstić information content (AvgIpc) is 2.90. The largest absolute Gasteiger partial charge is 0.269 e. The number of nitro groups is 1. The maximum Gasteiger partial charge on any atom is 0.269 e. The number of benzene rings is 1. The Balaban J connectivity index is 2.01. The predicted octanol–water partition coefficient (Wildman–Crippen LogP) is 2.71. The third-order valence-corrected chi connectivity index (χ3v) is 5.32. The summed E-state index contributed by atoms with van der Waals surface area (Å²) in [6.45, 7) is 1.80. The van der Waals surface area contributed by atoms with E-state index in [-0.39, 0.29) is 17.5 Å². The fourth-order valence-electron chi connectivity index (χ4n) is 2.10. The molecule has 0 saturated carbocycles. The minimum absolute atomic E-state index is 0.112. The highest BCUT2D eigenvalue weighted by molar-refractivity contribution is 7.88. The summed E-state index contributed by atoms with van der Waals surface area (Å²) in [4.78, 5) is 11.3. The van der Waals surface area contributed by atoms with Gasteiger partial charge in [-0.2, -0.15) is 0 Å². The van der Waals surface area contributed by atoms with Gasteiger partial charge in [0.25, 0.3) is 5.69 Å². The monoisotopic (exact) mass is 340 g/mol. The van der Waals surface area contributed by atoms with Gasteiger partial charge in [0, 0.05) is 23.1 Å². The van der Waals surface area contributed by atoms with Gasteiger partial charge in [-0.15, -0.1) is 11.3 Å². The molecular weight excluding hydrogens is 324 g/mol. The van der Waals surface area contributed by atoms with Crippen LogP contribution in [0.1, 0.15) is 17.4 Å². The zero-order valence-corrected chi connectivity index (χ0v) is 13.6. The molecule has 0 saturated heterocycles. The molecule has 0 aliphatic heterocycles. The number of rotatable bonds is 7. The van der Waals surface area contributed by atoms with Crippen LogP contribution in [-0.4, -0.2) is 19.4 Å². The van der Waals surface area contributed by atoms with Crippen molar-refractivity contribution in [3.8, 4) is 0 Å². The van der Waals surface area contributed by atoms with E-state index in [1.165, 1.54) is 18.2 Å². The van der Waals surface area contributed by atoms with Gasteiger partial charge in [0.15, 0.2) is 0 Å². The first-order valence-electron chi connectivity index (χ1n) is 6.61. The first-order chi connectivity index (χ1) is 10.4. The van der Waals surface area contributed by atoms with Crippen molar-refractivity contribution in [2.24, 2.45) is 0 Å². The normalized spacial score (nSPS) is 13.0. The molecule has 22 heavy (non-hydrogen) atoms. The summed E-state index contributed by atoms with van der Waals surface area (Å²) in [5.41, 5.74) is 0.282. The Kier molecular flexibility index (Phi) is 5.28. The molecule has 6 nitrogen and oxygen atoms in total. The van der Waals surface area contributed by atoms with Crippen LogP contribution in [0.4, 0.5) is 5.69 Å². The van der Waals surface area contributed by atoms with Crippen LogP contribution in [0.15, 0.2) is 41.8 Å². The van der Waals surface area contributed by atoms with Gasteiger partial charge in [-0.05, 0) is 30.4 Å². The van der Waals surface area contributed by atoms with Crippen LogP contribution in [0.5, 0.6) is 0 Å². The van der Waals surface area contributed by atoms with E-state index in [0.717, 1.165) is 4.88 Å². The van der Waals surface area contributed by atoms with Crippen molar-refractivity contribution in [2.45, 2.75) is 25.1 Å². The topological polar surface area (TPSA) is 89.3 Å². The van der Waals surface area contributed by atoms with Crippen LogP contribution in [0, 0.1) is 10.1 Å². The molecule has 0 fully saturated rings. The predicted molar refractivity (Wildman–Crippen MR) is 86.3 cm³/mol. The zero-order chi connectivity index (χ0) is 16.2. The molecule has 0 aliphatic carbocycles. The lowest BCUT2D eigenvalue weighted by Gasteiger charge is -2.13. The van der Waals surface area contributed by atoms with Crippen LogP contribution in [0.2, 0.25) is 0 Å². The first-order valence-corrected chi connectivity index (χ1v) is 9.14. The molecule has 1 aromatic carbocycles. The van der Waals surface area contributed by atoms with E-state index >= 15 is 0 Å². The van der Waals surface area contributed by atoms with E-state index in [2.05, 4.69) is 4.72 Å². The van der Waals surface area contributed by atoms with E-state index in [0.29, 0.717) is 12.0 Å². The van der Waals surface area contributed by atoms with Crippen molar-refractivity contribution in [1.82, 2.24) is 4.72 Å². The first kappa shape index (κ1) is 16.6. The van der Waals surface area contributed by atoms with Gasteiger partial charge in [0.05, 0.1) is 10.7 Å². The molecule has 0 bridgehead atoms. The Hall–Kier alpha value is -1.77. The molecule has 8 heteroatoms. The Labute approximate surface area is 133 Å².